The minimum Gasteiger partial charge on any atom is -0.466 e. The fourth-order valence-electron chi connectivity index (χ4n) is 0.714. The van der Waals surface area contributed by atoms with Gasteiger partial charge in [-0.3, -0.25) is 4.55 Å². The van der Waals surface area contributed by atoms with Crippen LogP contribution in [0.15, 0.2) is 12.2 Å². The van der Waals surface area contributed by atoms with Gasteiger partial charge in [0.25, 0.3) is 10.1 Å². The Morgan fingerprint density at radius 1 is 1.54 bits per heavy atom. The number of esters is 1. The van der Waals surface area contributed by atoms with E-state index in [1.165, 1.54) is 7.11 Å². The maximum Gasteiger partial charge on any atom is 0.333 e. The molecule has 6 heteroatoms. The molecular formula is C7H12O5S. The van der Waals surface area contributed by atoms with E-state index in [9.17, 15) is 13.2 Å². The van der Waals surface area contributed by atoms with Crippen molar-refractivity contribution in [3.63, 3.8) is 0 Å². The summed E-state index contributed by atoms with van der Waals surface area (Å²) < 4.78 is 33.2. The first kappa shape index (κ1) is 12.1. The molecule has 0 saturated carbocycles. The van der Waals surface area contributed by atoms with Crippen LogP contribution in [-0.2, 0) is 19.6 Å². The van der Waals surface area contributed by atoms with E-state index in [1.807, 2.05) is 0 Å². The summed E-state index contributed by atoms with van der Waals surface area (Å²) in [4.78, 5) is 10.7. The number of methoxy groups -OCH3 is 1. The van der Waals surface area contributed by atoms with E-state index in [4.69, 9.17) is 4.55 Å². The van der Waals surface area contributed by atoms with Gasteiger partial charge in [0.05, 0.1) is 12.9 Å². The van der Waals surface area contributed by atoms with E-state index in [2.05, 4.69) is 11.3 Å². The summed E-state index contributed by atoms with van der Waals surface area (Å²) in [5, 5.41) is 0. The van der Waals surface area contributed by atoms with Gasteiger partial charge in [-0.05, 0) is 12.8 Å². The van der Waals surface area contributed by atoms with Crippen LogP contribution in [0.3, 0.4) is 0 Å². The standard InChI is InChI=1S/C7H12O5S/c1-6(7(8)12-2)4-3-5-13(9,10)11/h1,3-5H2,2H3,(H,9,10,11). The van der Waals surface area contributed by atoms with Crippen LogP contribution in [-0.4, -0.2) is 31.8 Å². The average Bonchev–Trinajstić information content (AvgIpc) is 2.00. The van der Waals surface area contributed by atoms with Gasteiger partial charge in [0.15, 0.2) is 0 Å². The number of rotatable bonds is 5. The van der Waals surface area contributed by atoms with Gasteiger partial charge in [0.2, 0.25) is 0 Å². The molecule has 0 unspecified atom stereocenters. The van der Waals surface area contributed by atoms with Gasteiger partial charge >= 0.3 is 5.97 Å². The molecule has 0 aromatic heterocycles. The molecular weight excluding hydrogens is 196 g/mol. The van der Waals surface area contributed by atoms with Crippen LogP contribution in [0.5, 0.6) is 0 Å². The molecule has 0 rings (SSSR count). The van der Waals surface area contributed by atoms with Crippen LogP contribution >= 0.6 is 0 Å². The van der Waals surface area contributed by atoms with Gasteiger partial charge in [-0.15, -0.1) is 0 Å². The fourth-order valence-corrected chi connectivity index (χ4v) is 1.22. The minimum absolute atomic E-state index is 0.159. The topological polar surface area (TPSA) is 80.7 Å². The molecule has 1 N–H and O–H groups in total. The van der Waals surface area contributed by atoms with Crippen LogP contribution in [0.2, 0.25) is 0 Å². The second-order valence-electron chi connectivity index (χ2n) is 2.48. The molecule has 0 saturated heterocycles. The molecule has 0 aliphatic heterocycles. The molecule has 0 heterocycles. The predicted molar refractivity (Wildman–Crippen MR) is 46.8 cm³/mol. The van der Waals surface area contributed by atoms with Crippen molar-refractivity contribution < 1.29 is 22.5 Å². The Morgan fingerprint density at radius 2 is 2.08 bits per heavy atom. The second-order valence-corrected chi connectivity index (χ2v) is 4.06. The van der Waals surface area contributed by atoms with Crippen molar-refractivity contribution >= 4 is 16.1 Å². The third-order valence-electron chi connectivity index (χ3n) is 1.35. The Labute approximate surface area is 77.1 Å². The largest absolute Gasteiger partial charge is 0.466 e. The summed E-state index contributed by atoms with van der Waals surface area (Å²) >= 11 is 0. The first-order chi connectivity index (χ1) is 5.87. The Morgan fingerprint density at radius 3 is 2.46 bits per heavy atom. The lowest BCUT2D eigenvalue weighted by molar-refractivity contribution is -0.136. The third-order valence-corrected chi connectivity index (χ3v) is 2.16. The highest BCUT2D eigenvalue weighted by Gasteiger charge is 2.09. The van der Waals surface area contributed by atoms with E-state index in [-0.39, 0.29) is 24.2 Å². The van der Waals surface area contributed by atoms with Gasteiger partial charge in [-0.2, -0.15) is 8.42 Å². The molecule has 0 aromatic carbocycles. The van der Waals surface area contributed by atoms with Crippen molar-refractivity contribution in [2.75, 3.05) is 12.9 Å². The van der Waals surface area contributed by atoms with E-state index in [0.29, 0.717) is 0 Å². The minimum atomic E-state index is -3.95. The lowest BCUT2D eigenvalue weighted by Crippen LogP contribution is -2.07. The van der Waals surface area contributed by atoms with E-state index in [1.54, 1.807) is 0 Å². The lowest BCUT2D eigenvalue weighted by atomic mass is 10.2. The number of hydrogen-bond acceptors (Lipinski definition) is 4. The molecule has 13 heavy (non-hydrogen) atoms. The van der Waals surface area contributed by atoms with Crippen molar-refractivity contribution in [3.05, 3.63) is 12.2 Å². The Balaban J connectivity index is 3.79. The Kier molecular flexibility index (Phi) is 4.64. The second kappa shape index (κ2) is 4.98. The van der Waals surface area contributed by atoms with Crippen molar-refractivity contribution in [3.8, 4) is 0 Å². The smallest absolute Gasteiger partial charge is 0.333 e. The van der Waals surface area contributed by atoms with E-state index >= 15 is 0 Å². The van der Waals surface area contributed by atoms with Gasteiger partial charge in [0, 0.05) is 5.57 Å². The van der Waals surface area contributed by atoms with Crippen molar-refractivity contribution in [1.82, 2.24) is 0 Å². The highest BCUT2D eigenvalue weighted by Crippen LogP contribution is 2.05. The Hall–Kier alpha value is -0.880. The zero-order valence-corrected chi connectivity index (χ0v) is 8.13. The molecule has 0 aliphatic carbocycles. The normalized spacial score (nSPS) is 10.9. The SMILES string of the molecule is C=C(CCCS(=O)(=O)O)C(=O)OC. The average molecular weight is 208 g/mol. The molecule has 76 valence electrons. The highest BCUT2D eigenvalue weighted by molar-refractivity contribution is 7.85. The highest BCUT2D eigenvalue weighted by atomic mass is 32.2. The number of carbonyl (C=O) groups is 1. The molecule has 0 aliphatic rings. The maximum atomic E-state index is 10.7. The maximum absolute atomic E-state index is 10.7. The zero-order valence-electron chi connectivity index (χ0n) is 7.32. The van der Waals surface area contributed by atoms with E-state index in [0.717, 1.165) is 0 Å². The summed E-state index contributed by atoms with van der Waals surface area (Å²) in [7, 11) is -2.73. The monoisotopic (exact) mass is 208 g/mol. The molecule has 0 aromatic rings. The molecule has 0 spiro atoms. The van der Waals surface area contributed by atoms with Gasteiger partial charge in [-0.1, -0.05) is 6.58 Å². The van der Waals surface area contributed by atoms with Crippen LogP contribution in [0.25, 0.3) is 0 Å². The summed E-state index contributed by atoms with van der Waals surface area (Å²) in [6.07, 6.45) is 0.360. The van der Waals surface area contributed by atoms with Crippen LogP contribution < -0.4 is 0 Å². The van der Waals surface area contributed by atoms with E-state index < -0.39 is 16.1 Å². The van der Waals surface area contributed by atoms with Crippen LogP contribution in [0, 0.1) is 0 Å². The van der Waals surface area contributed by atoms with Crippen molar-refractivity contribution in [2.45, 2.75) is 12.8 Å². The first-order valence-corrected chi connectivity index (χ1v) is 5.19. The number of carbonyl (C=O) groups excluding carboxylic acids is 1. The molecule has 0 bridgehead atoms. The molecule has 5 nitrogen and oxygen atoms in total. The fraction of sp³-hybridized carbons (Fsp3) is 0.571. The first-order valence-electron chi connectivity index (χ1n) is 3.58. The molecule has 0 fully saturated rings. The van der Waals surface area contributed by atoms with Crippen LogP contribution in [0.1, 0.15) is 12.8 Å². The van der Waals surface area contributed by atoms with Crippen molar-refractivity contribution in [1.29, 1.82) is 0 Å². The quantitative estimate of drug-likeness (QED) is 0.401. The lowest BCUT2D eigenvalue weighted by Gasteiger charge is -2.01. The summed E-state index contributed by atoms with van der Waals surface area (Å²) in [6.45, 7) is 3.39. The molecule has 0 radical (unpaired) electrons. The molecule has 0 amide bonds. The number of hydrogen-bond donors (Lipinski definition) is 1. The Bertz CT molecular complexity index is 290. The third kappa shape index (κ3) is 6.30. The predicted octanol–water partition coefficient (Wildman–Crippen LogP) is 0.384. The van der Waals surface area contributed by atoms with Gasteiger partial charge in [0.1, 0.15) is 0 Å². The summed E-state index contributed by atoms with van der Waals surface area (Å²) in [5.41, 5.74) is 0.200. The summed E-state index contributed by atoms with van der Waals surface area (Å²) in [5.74, 6) is -0.932. The van der Waals surface area contributed by atoms with Crippen molar-refractivity contribution in [2.24, 2.45) is 0 Å². The van der Waals surface area contributed by atoms with Gasteiger partial charge in [-0.25, -0.2) is 4.79 Å². The zero-order chi connectivity index (χ0) is 10.5. The number of ether oxygens (including phenoxy) is 1. The van der Waals surface area contributed by atoms with Gasteiger partial charge < -0.3 is 4.74 Å². The summed E-state index contributed by atoms with van der Waals surface area (Å²) in [6, 6.07) is 0. The molecule has 0 atom stereocenters. The van der Waals surface area contributed by atoms with Crippen LogP contribution in [0.4, 0.5) is 0 Å².